The molecule has 2 aromatic carbocycles. The number of benzene rings is 2. The molecule has 1 atom stereocenters. The maximum atomic E-state index is 13.1. The number of halogens is 1. The largest absolute Gasteiger partial charge is 0.298 e. The van der Waals surface area contributed by atoms with Crippen molar-refractivity contribution < 1.29 is 4.79 Å². The van der Waals surface area contributed by atoms with E-state index in [2.05, 4.69) is 4.98 Å². The van der Waals surface area contributed by atoms with Crippen molar-refractivity contribution in [3.63, 3.8) is 0 Å². The molecular formula is C19H15ClN2O2S. The van der Waals surface area contributed by atoms with Crippen LogP contribution in [0.1, 0.15) is 19.3 Å². The van der Waals surface area contributed by atoms with Crippen LogP contribution in [0.15, 0.2) is 58.5 Å². The van der Waals surface area contributed by atoms with Crippen LogP contribution in [0, 0.1) is 0 Å². The molecule has 1 heterocycles. The van der Waals surface area contributed by atoms with Gasteiger partial charge in [-0.1, -0.05) is 35.5 Å². The Labute approximate surface area is 153 Å². The summed E-state index contributed by atoms with van der Waals surface area (Å²) < 4.78 is 1.58. The van der Waals surface area contributed by atoms with Crippen LogP contribution in [-0.4, -0.2) is 20.6 Å². The molecule has 0 amide bonds. The van der Waals surface area contributed by atoms with Crippen LogP contribution in [0.25, 0.3) is 16.6 Å². The van der Waals surface area contributed by atoms with Gasteiger partial charge in [-0.2, -0.15) is 0 Å². The fraction of sp³-hybridized carbons (Fsp3) is 0.211. The van der Waals surface area contributed by atoms with Crippen molar-refractivity contribution in [1.82, 2.24) is 9.55 Å². The van der Waals surface area contributed by atoms with Gasteiger partial charge in [-0.05, 0) is 49.2 Å². The number of thioether (sulfide) groups is 1. The molecule has 25 heavy (non-hydrogen) atoms. The first-order valence-electron chi connectivity index (χ1n) is 8.10. The lowest BCUT2D eigenvalue weighted by atomic mass is 10.2. The lowest BCUT2D eigenvalue weighted by Crippen LogP contribution is -2.23. The molecule has 0 radical (unpaired) electrons. The number of rotatable bonds is 3. The quantitative estimate of drug-likeness (QED) is 0.646. The summed E-state index contributed by atoms with van der Waals surface area (Å²) in [6, 6.07) is 14.3. The zero-order valence-corrected chi connectivity index (χ0v) is 14.9. The summed E-state index contributed by atoms with van der Waals surface area (Å²) in [5.41, 5.74) is 1.20. The fourth-order valence-electron chi connectivity index (χ4n) is 3.04. The fourth-order valence-corrected chi connectivity index (χ4v) is 4.40. The Morgan fingerprint density at radius 3 is 2.56 bits per heavy atom. The molecule has 0 spiro atoms. The molecule has 0 unspecified atom stereocenters. The zero-order chi connectivity index (χ0) is 17.4. The molecule has 0 N–H and O–H groups in total. The summed E-state index contributed by atoms with van der Waals surface area (Å²) in [6.07, 6.45) is 2.33. The first kappa shape index (κ1) is 16.4. The predicted molar refractivity (Wildman–Crippen MR) is 101 cm³/mol. The Balaban J connectivity index is 1.92. The van der Waals surface area contributed by atoms with Crippen molar-refractivity contribution in [2.24, 2.45) is 0 Å². The van der Waals surface area contributed by atoms with E-state index in [-0.39, 0.29) is 16.6 Å². The van der Waals surface area contributed by atoms with Gasteiger partial charge in [-0.3, -0.25) is 14.2 Å². The van der Waals surface area contributed by atoms with Crippen molar-refractivity contribution in [2.45, 2.75) is 29.7 Å². The van der Waals surface area contributed by atoms with E-state index in [4.69, 9.17) is 11.6 Å². The lowest BCUT2D eigenvalue weighted by Gasteiger charge is -2.15. The van der Waals surface area contributed by atoms with E-state index in [1.807, 2.05) is 18.2 Å². The number of hydrogen-bond donors (Lipinski definition) is 0. The highest BCUT2D eigenvalue weighted by Crippen LogP contribution is 2.32. The van der Waals surface area contributed by atoms with Gasteiger partial charge in [0.05, 0.1) is 21.8 Å². The Morgan fingerprint density at radius 2 is 1.84 bits per heavy atom. The second-order valence-electron chi connectivity index (χ2n) is 5.99. The molecule has 4 rings (SSSR count). The van der Waals surface area contributed by atoms with E-state index in [1.54, 1.807) is 34.9 Å². The molecule has 126 valence electrons. The van der Waals surface area contributed by atoms with E-state index < -0.39 is 0 Å². The Morgan fingerprint density at radius 1 is 1.08 bits per heavy atom. The number of carbonyl (C=O) groups is 1. The number of fused-ring (bicyclic) bond motifs is 1. The molecule has 0 aliphatic heterocycles. The summed E-state index contributed by atoms with van der Waals surface area (Å²) in [4.78, 5) is 29.8. The standard InChI is InChI=1S/C19H15ClN2O2S/c20-12-8-10-13(11-9-12)22-18(24)14-4-1-2-5-15(14)21-19(22)25-17-7-3-6-16(17)23/h1-2,4-5,8-11,17H,3,6-7H2/t17-/m1/s1. The molecule has 1 fully saturated rings. The van der Waals surface area contributed by atoms with Crippen LogP contribution in [0.5, 0.6) is 0 Å². The monoisotopic (exact) mass is 370 g/mol. The minimum atomic E-state index is -0.138. The van der Waals surface area contributed by atoms with Crippen molar-refractivity contribution in [1.29, 1.82) is 0 Å². The zero-order valence-electron chi connectivity index (χ0n) is 13.3. The average molecular weight is 371 g/mol. The molecule has 1 aliphatic carbocycles. The van der Waals surface area contributed by atoms with Crippen LogP contribution in [0.4, 0.5) is 0 Å². The molecule has 0 bridgehead atoms. The van der Waals surface area contributed by atoms with Gasteiger partial charge < -0.3 is 0 Å². The first-order chi connectivity index (χ1) is 12.1. The number of hydrogen-bond acceptors (Lipinski definition) is 4. The Bertz CT molecular complexity index is 1010. The van der Waals surface area contributed by atoms with Crippen LogP contribution in [0.2, 0.25) is 5.02 Å². The molecule has 1 aliphatic rings. The van der Waals surface area contributed by atoms with Crippen LogP contribution < -0.4 is 5.56 Å². The first-order valence-corrected chi connectivity index (χ1v) is 9.36. The SMILES string of the molecule is O=C1CCC[C@H]1Sc1nc2ccccc2c(=O)n1-c1ccc(Cl)cc1. The molecule has 1 saturated carbocycles. The normalized spacial score (nSPS) is 17.3. The van der Waals surface area contributed by atoms with Crippen molar-refractivity contribution in [2.75, 3.05) is 0 Å². The van der Waals surface area contributed by atoms with E-state index in [0.29, 0.717) is 33.2 Å². The molecule has 4 nitrogen and oxygen atoms in total. The molecule has 3 aromatic rings. The van der Waals surface area contributed by atoms with Crippen LogP contribution in [-0.2, 0) is 4.79 Å². The third-order valence-electron chi connectivity index (χ3n) is 4.33. The van der Waals surface area contributed by atoms with Gasteiger partial charge in [-0.25, -0.2) is 4.98 Å². The van der Waals surface area contributed by atoms with Gasteiger partial charge >= 0.3 is 0 Å². The third-order valence-corrected chi connectivity index (χ3v) is 5.85. The van der Waals surface area contributed by atoms with Crippen LogP contribution in [0.3, 0.4) is 0 Å². The second kappa shape index (κ2) is 6.65. The Hall–Kier alpha value is -2.11. The van der Waals surface area contributed by atoms with Gasteiger partial charge in [-0.15, -0.1) is 0 Å². The number of para-hydroxylation sites is 1. The highest BCUT2D eigenvalue weighted by Gasteiger charge is 2.27. The number of nitrogens with zero attached hydrogens (tertiary/aromatic N) is 2. The highest BCUT2D eigenvalue weighted by molar-refractivity contribution is 8.00. The van der Waals surface area contributed by atoms with Crippen LogP contribution >= 0.6 is 23.4 Å². The number of Topliss-reactive ketones (excluding diaryl/α,β-unsaturated/α-hetero) is 1. The summed E-state index contributed by atoms with van der Waals surface area (Å²) in [5, 5.41) is 1.57. The van der Waals surface area contributed by atoms with Gasteiger partial charge in [0.1, 0.15) is 5.78 Å². The second-order valence-corrected chi connectivity index (χ2v) is 7.60. The van der Waals surface area contributed by atoms with Gasteiger partial charge in [0.15, 0.2) is 5.16 Å². The number of aromatic nitrogens is 2. The topological polar surface area (TPSA) is 52.0 Å². The lowest BCUT2D eigenvalue weighted by molar-refractivity contribution is -0.116. The van der Waals surface area contributed by atoms with Gasteiger partial charge in [0, 0.05) is 11.4 Å². The van der Waals surface area contributed by atoms with E-state index in [9.17, 15) is 9.59 Å². The van der Waals surface area contributed by atoms with E-state index in [1.165, 1.54) is 11.8 Å². The number of carbonyl (C=O) groups excluding carboxylic acids is 1. The summed E-state index contributed by atoms with van der Waals surface area (Å²) in [5.74, 6) is 0.232. The van der Waals surface area contributed by atoms with Gasteiger partial charge in [0.2, 0.25) is 0 Å². The van der Waals surface area contributed by atoms with Crippen molar-refractivity contribution in [3.8, 4) is 5.69 Å². The summed E-state index contributed by atoms with van der Waals surface area (Å²) in [7, 11) is 0. The molecule has 1 aromatic heterocycles. The summed E-state index contributed by atoms with van der Waals surface area (Å²) >= 11 is 7.36. The predicted octanol–water partition coefficient (Wildman–Crippen LogP) is 4.25. The minimum absolute atomic E-state index is 0.133. The van der Waals surface area contributed by atoms with Crippen molar-refractivity contribution in [3.05, 3.63) is 63.9 Å². The smallest absolute Gasteiger partial charge is 0.266 e. The molecular weight excluding hydrogens is 356 g/mol. The molecule has 0 saturated heterocycles. The van der Waals surface area contributed by atoms with Crippen molar-refractivity contribution >= 4 is 40.0 Å². The minimum Gasteiger partial charge on any atom is -0.298 e. The molecule has 6 heteroatoms. The summed E-state index contributed by atoms with van der Waals surface area (Å²) in [6.45, 7) is 0. The van der Waals surface area contributed by atoms with Gasteiger partial charge in [0.25, 0.3) is 5.56 Å². The average Bonchev–Trinajstić information content (AvgIpc) is 3.01. The van der Waals surface area contributed by atoms with E-state index >= 15 is 0 Å². The Kier molecular flexibility index (Phi) is 4.36. The maximum Gasteiger partial charge on any atom is 0.266 e. The maximum absolute atomic E-state index is 13.1. The highest BCUT2D eigenvalue weighted by atomic mass is 35.5. The van der Waals surface area contributed by atoms with E-state index in [0.717, 1.165) is 12.8 Å². The third kappa shape index (κ3) is 3.10. The number of ketones is 1.